The molecule has 22 heavy (non-hydrogen) atoms. The van der Waals surface area contributed by atoms with Crippen molar-refractivity contribution in [3.8, 4) is 0 Å². The number of nitrogens with zero attached hydrogens (tertiary/aromatic N) is 1. The van der Waals surface area contributed by atoms with Crippen molar-refractivity contribution in [1.29, 1.82) is 0 Å². The van der Waals surface area contributed by atoms with E-state index in [2.05, 4.69) is 12.2 Å². The molecule has 1 aliphatic rings. The number of para-hydroxylation sites is 1. The molecule has 4 nitrogen and oxygen atoms in total. The lowest BCUT2D eigenvalue weighted by molar-refractivity contribution is -0.134. The van der Waals surface area contributed by atoms with Gasteiger partial charge in [-0.2, -0.15) is 0 Å². The van der Waals surface area contributed by atoms with Gasteiger partial charge in [0.25, 0.3) is 0 Å². The van der Waals surface area contributed by atoms with E-state index in [1.165, 1.54) is 12.8 Å². The molecule has 1 N–H and O–H groups in total. The van der Waals surface area contributed by atoms with E-state index in [1.807, 2.05) is 30.0 Å². The third kappa shape index (κ3) is 4.33. The summed E-state index contributed by atoms with van der Waals surface area (Å²) in [7, 11) is 0. The summed E-state index contributed by atoms with van der Waals surface area (Å²) in [6, 6.07) is 5.98. The van der Waals surface area contributed by atoms with E-state index >= 15 is 0 Å². The smallest absolute Gasteiger partial charge is 0.233 e. The molecule has 2 amide bonds. The molecular weight excluding hydrogens is 276 g/mol. The van der Waals surface area contributed by atoms with Gasteiger partial charge >= 0.3 is 0 Å². The Morgan fingerprint density at radius 3 is 2.45 bits per heavy atom. The van der Waals surface area contributed by atoms with Gasteiger partial charge in [-0.25, -0.2) is 0 Å². The second-order valence-electron chi connectivity index (χ2n) is 5.98. The number of amides is 2. The Morgan fingerprint density at radius 1 is 1.14 bits per heavy atom. The normalized spacial score (nSPS) is 15.3. The number of carbonyl (C=O) groups excluding carboxylic acids is 2. The highest BCUT2D eigenvalue weighted by Gasteiger charge is 2.19. The molecule has 1 saturated heterocycles. The summed E-state index contributed by atoms with van der Waals surface area (Å²) in [5.41, 5.74) is 3.00. The van der Waals surface area contributed by atoms with Crippen LogP contribution < -0.4 is 5.32 Å². The van der Waals surface area contributed by atoms with Gasteiger partial charge in [-0.05, 0) is 37.3 Å². The van der Waals surface area contributed by atoms with E-state index in [0.717, 1.165) is 49.2 Å². The molecule has 1 aromatic rings. The lowest BCUT2D eigenvalue weighted by Crippen LogP contribution is -2.34. The standard InChI is InChI=1S/C18H26N2O2/c1-3-15-10-8-9-14(2)18(15)19-16(21)13-17(22)20-11-6-4-5-7-12-20/h8-10H,3-7,11-13H2,1-2H3,(H,19,21). The van der Waals surface area contributed by atoms with Gasteiger partial charge in [0.1, 0.15) is 6.42 Å². The van der Waals surface area contributed by atoms with Crippen LogP contribution in [0.4, 0.5) is 5.69 Å². The number of aryl methyl sites for hydroxylation is 2. The Hall–Kier alpha value is -1.84. The summed E-state index contributed by atoms with van der Waals surface area (Å²) in [6.45, 7) is 5.62. The summed E-state index contributed by atoms with van der Waals surface area (Å²) >= 11 is 0. The van der Waals surface area contributed by atoms with Crippen LogP contribution >= 0.6 is 0 Å². The minimum Gasteiger partial charge on any atom is -0.342 e. The van der Waals surface area contributed by atoms with Crippen molar-refractivity contribution in [3.05, 3.63) is 29.3 Å². The van der Waals surface area contributed by atoms with Gasteiger partial charge in [0.15, 0.2) is 0 Å². The van der Waals surface area contributed by atoms with Crippen molar-refractivity contribution in [3.63, 3.8) is 0 Å². The summed E-state index contributed by atoms with van der Waals surface area (Å²) in [5.74, 6) is -0.260. The minimum atomic E-state index is -0.210. The third-order valence-corrected chi connectivity index (χ3v) is 4.27. The fourth-order valence-electron chi connectivity index (χ4n) is 2.95. The van der Waals surface area contributed by atoms with Crippen LogP contribution in [0.1, 0.15) is 50.2 Å². The van der Waals surface area contributed by atoms with Crippen LogP contribution in [0.15, 0.2) is 18.2 Å². The lowest BCUT2D eigenvalue weighted by Gasteiger charge is -2.20. The zero-order valence-electron chi connectivity index (χ0n) is 13.7. The van der Waals surface area contributed by atoms with Crippen LogP contribution in [0, 0.1) is 6.92 Å². The highest BCUT2D eigenvalue weighted by atomic mass is 16.2. The number of hydrogen-bond donors (Lipinski definition) is 1. The SMILES string of the molecule is CCc1cccc(C)c1NC(=O)CC(=O)N1CCCCCC1. The Balaban J connectivity index is 1.96. The molecule has 0 radical (unpaired) electrons. The largest absolute Gasteiger partial charge is 0.342 e. The number of likely N-dealkylation sites (tertiary alicyclic amines) is 1. The van der Waals surface area contributed by atoms with Gasteiger partial charge in [-0.1, -0.05) is 38.0 Å². The predicted octanol–water partition coefficient (Wildman–Crippen LogP) is 3.29. The number of hydrogen-bond acceptors (Lipinski definition) is 2. The van der Waals surface area contributed by atoms with Crippen LogP contribution in [-0.2, 0) is 16.0 Å². The lowest BCUT2D eigenvalue weighted by atomic mass is 10.1. The molecule has 0 atom stereocenters. The van der Waals surface area contributed by atoms with E-state index in [0.29, 0.717) is 0 Å². The van der Waals surface area contributed by atoms with E-state index in [-0.39, 0.29) is 18.2 Å². The maximum Gasteiger partial charge on any atom is 0.233 e. The molecule has 0 bridgehead atoms. The van der Waals surface area contributed by atoms with Gasteiger partial charge in [-0.15, -0.1) is 0 Å². The Bertz CT molecular complexity index is 532. The monoisotopic (exact) mass is 302 g/mol. The fraction of sp³-hybridized carbons (Fsp3) is 0.556. The average molecular weight is 302 g/mol. The second kappa shape index (κ2) is 7.97. The van der Waals surface area contributed by atoms with Crippen LogP contribution in [-0.4, -0.2) is 29.8 Å². The van der Waals surface area contributed by atoms with Crippen molar-refractivity contribution >= 4 is 17.5 Å². The molecule has 0 saturated carbocycles. The first-order valence-electron chi connectivity index (χ1n) is 8.28. The summed E-state index contributed by atoms with van der Waals surface area (Å²) < 4.78 is 0. The first-order chi connectivity index (χ1) is 10.6. The van der Waals surface area contributed by atoms with Crippen molar-refractivity contribution in [2.75, 3.05) is 18.4 Å². The Kier molecular flexibility index (Phi) is 5.99. The van der Waals surface area contributed by atoms with Crippen LogP contribution in [0.5, 0.6) is 0 Å². The van der Waals surface area contributed by atoms with Gasteiger partial charge < -0.3 is 10.2 Å². The maximum atomic E-state index is 12.3. The number of benzene rings is 1. The zero-order valence-corrected chi connectivity index (χ0v) is 13.7. The Morgan fingerprint density at radius 2 is 1.82 bits per heavy atom. The molecule has 1 aliphatic heterocycles. The van der Waals surface area contributed by atoms with E-state index in [1.54, 1.807) is 0 Å². The van der Waals surface area contributed by atoms with Crippen LogP contribution in [0.2, 0.25) is 0 Å². The second-order valence-corrected chi connectivity index (χ2v) is 5.98. The number of carbonyl (C=O) groups is 2. The van der Waals surface area contributed by atoms with Crippen molar-refractivity contribution in [2.45, 2.75) is 52.4 Å². The van der Waals surface area contributed by atoms with Gasteiger partial charge in [0, 0.05) is 18.8 Å². The van der Waals surface area contributed by atoms with Crippen molar-refractivity contribution in [2.24, 2.45) is 0 Å². The number of anilines is 1. The number of rotatable bonds is 4. The van der Waals surface area contributed by atoms with Crippen LogP contribution in [0.25, 0.3) is 0 Å². The van der Waals surface area contributed by atoms with E-state index < -0.39 is 0 Å². The molecular formula is C18H26N2O2. The van der Waals surface area contributed by atoms with Crippen LogP contribution in [0.3, 0.4) is 0 Å². The molecule has 0 aliphatic carbocycles. The molecule has 0 aromatic heterocycles. The van der Waals surface area contributed by atoms with Gasteiger partial charge in [-0.3, -0.25) is 9.59 Å². The van der Waals surface area contributed by atoms with Gasteiger partial charge in [0.2, 0.25) is 11.8 Å². The molecule has 1 heterocycles. The fourth-order valence-corrected chi connectivity index (χ4v) is 2.95. The molecule has 2 rings (SSSR count). The average Bonchev–Trinajstić information content (AvgIpc) is 2.78. The summed E-state index contributed by atoms with van der Waals surface area (Å²) in [4.78, 5) is 26.3. The Labute approximate surface area is 132 Å². The molecule has 1 aromatic carbocycles. The predicted molar refractivity (Wildman–Crippen MR) is 88.9 cm³/mol. The van der Waals surface area contributed by atoms with Crippen molar-refractivity contribution in [1.82, 2.24) is 4.90 Å². The topological polar surface area (TPSA) is 49.4 Å². The molecule has 0 spiro atoms. The quantitative estimate of drug-likeness (QED) is 0.868. The summed E-state index contributed by atoms with van der Waals surface area (Å²) in [5, 5.41) is 2.93. The highest BCUT2D eigenvalue weighted by Crippen LogP contribution is 2.21. The maximum absolute atomic E-state index is 12.3. The zero-order chi connectivity index (χ0) is 15.9. The first-order valence-corrected chi connectivity index (χ1v) is 8.28. The van der Waals surface area contributed by atoms with Gasteiger partial charge in [0.05, 0.1) is 0 Å². The number of nitrogens with one attached hydrogen (secondary N) is 1. The molecule has 1 fully saturated rings. The highest BCUT2D eigenvalue weighted by molar-refractivity contribution is 6.04. The first kappa shape index (κ1) is 16.5. The third-order valence-electron chi connectivity index (χ3n) is 4.27. The van der Waals surface area contributed by atoms with E-state index in [9.17, 15) is 9.59 Å². The summed E-state index contributed by atoms with van der Waals surface area (Å²) in [6.07, 6.45) is 5.25. The van der Waals surface area contributed by atoms with Crippen molar-refractivity contribution < 1.29 is 9.59 Å². The molecule has 0 unspecified atom stereocenters. The minimum absolute atomic E-state index is 0.0500. The molecule has 4 heteroatoms. The van der Waals surface area contributed by atoms with E-state index in [4.69, 9.17) is 0 Å². The molecule has 120 valence electrons.